The highest BCUT2D eigenvalue weighted by molar-refractivity contribution is 5.71. The Hall–Kier alpha value is -2.58. The van der Waals surface area contributed by atoms with Crippen molar-refractivity contribution in [1.29, 1.82) is 0 Å². The van der Waals surface area contributed by atoms with Crippen molar-refractivity contribution in [2.75, 3.05) is 0 Å². The second-order valence-electron chi connectivity index (χ2n) is 6.49. The lowest BCUT2D eigenvalue weighted by Crippen LogP contribution is -2.32. The molecule has 2 aromatic heterocycles. The fraction of sp³-hybridized carbons (Fsp3) is 0.471. The first-order valence-electron chi connectivity index (χ1n) is 8.10. The number of carbonyl (C=O) groups is 1. The molecule has 1 atom stereocenters. The summed E-state index contributed by atoms with van der Waals surface area (Å²) in [5.74, 6) is -1.29. The number of hydrogen-bond donors (Lipinski definition) is 1. The van der Waals surface area contributed by atoms with Crippen LogP contribution in [-0.2, 0) is 23.9 Å². The zero-order valence-corrected chi connectivity index (χ0v) is 14.4. The number of rotatable bonds is 7. The molecule has 0 saturated carbocycles. The molecule has 0 aliphatic heterocycles. The van der Waals surface area contributed by atoms with Crippen LogP contribution >= 0.6 is 0 Å². The van der Waals surface area contributed by atoms with Gasteiger partial charge in [0.1, 0.15) is 6.04 Å². The van der Waals surface area contributed by atoms with Crippen LogP contribution in [-0.4, -0.2) is 25.2 Å². The zero-order valence-electron chi connectivity index (χ0n) is 14.4. The molecule has 0 aliphatic rings. The molecule has 0 fully saturated rings. The summed E-state index contributed by atoms with van der Waals surface area (Å²) < 4.78 is 42.4. The molecule has 2 rings (SSSR count). The summed E-state index contributed by atoms with van der Waals surface area (Å²) in [5.41, 5.74) is -2.13. The highest BCUT2D eigenvalue weighted by Crippen LogP contribution is 2.32. The van der Waals surface area contributed by atoms with E-state index in [0.29, 0.717) is 6.07 Å². The first-order chi connectivity index (χ1) is 12.1. The average molecular weight is 371 g/mol. The van der Waals surface area contributed by atoms with E-state index in [-0.39, 0.29) is 30.9 Å². The van der Waals surface area contributed by atoms with Gasteiger partial charge in [-0.2, -0.15) is 13.2 Å². The van der Waals surface area contributed by atoms with Crippen LogP contribution in [0.2, 0.25) is 0 Å². The van der Waals surface area contributed by atoms with Gasteiger partial charge in [0.15, 0.2) is 0 Å². The number of halogens is 3. The fourth-order valence-corrected chi connectivity index (χ4v) is 2.75. The molecule has 0 spiro atoms. The van der Waals surface area contributed by atoms with Gasteiger partial charge in [0, 0.05) is 31.2 Å². The summed E-state index contributed by atoms with van der Waals surface area (Å²) >= 11 is 0. The predicted molar refractivity (Wildman–Crippen MR) is 87.8 cm³/mol. The van der Waals surface area contributed by atoms with Gasteiger partial charge >= 0.3 is 12.1 Å². The van der Waals surface area contributed by atoms with Crippen molar-refractivity contribution in [1.82, 2.24) is 14.1 Å². The molecular weight excluding hydrogens is 351 g/mol. The molecule has 1 unspecified atom stereocenters. The molecule has 2 heterocycles. The molecule has 0 bridgehead atoms. The maximum absolute atomic E-state index is 13.3. The first-order valence-corrected chi connectivity index (χ1v) is 8.10. The lowest BCUT2D eigenvalue weighted by Gasteiger charge is -2.21. The number of alkyl halides is 3. The summed E-state index contributed by atoms with van der Waals surface area (Å²) in [7, 11) is 0. The minimum absolute atomic E-state index is 0.0144. The normalized spacial score (nSPS) is 13.2. The lowest BCUT2D eigenvalue weighted by molar-refractivity contribution is -0.141. The van der Waals surface area contributed by atoms with Crippen LogP contribution in [0, 0.1) is 5.92 Å². The van der Waals surface area contributed by atoms with Gasteiger partial charge < -0.3 is 14.2 Å². The molecule has 6 nitrogen and oxygen atoms in total. The Balaban J connectivity index is 2.48. The number of hydrogen-bond acceptors (Lipinski definition) is 3. The van der Waals surface area contributed by atoms with Crippen molar-refractivity contribution < 1.29 is 23.1 Å². The first kappa shape index (κ1) is 19.7. The van der Waals surface area contributed by atoms with E-state index in [0.717, 1.165) is 10.8 Å². The van der Waals surface area contributed by atoms with Gasteiger partial charge in [-0.05, 0) is 24.3 Å². The number of aromatic nitrogens is 3. The van der Waals surface area contributed by atoms with Crippen LogP contribution in [0.25, 0.3) is 0 Å². The topological polar surface area (TPSA) is 77.1 Å². The number of nitrogens with zero attached hydrogens (tertiary/aromatic N) is 3. The van der Waals surface area contributed by atoms with Crippen molar-refractivity contribution in [3.05, 3.63) is 52.5 Å². The Kier molecular flexibility index (Phi) is 5.89. The molecular formula is C17H20F3N3O3. The number of aryl methyl sites for hydroxylation is 2. The summed E-state index contributed by atoms with van der Waals surface area (Å²) in [6, 6.07) is -0.726. The Morgan fingerprint density at radius 3 is 2.54 bits per heavy atom. The van der Waals surface area contributed by atoms with Gasteiger partial charge in [0.2, 0.25) is 0 Å². The predicted octanol–water partition coefficient (Wildman–Crippen LogP) is 2.98. The molecule has 0 saturated heterocycles. The van der Waals surface area contributed by atoms with E-state index in [2.05, 4.69) is 4.98 Å². The van der Waals surface area contributed by atoms with Gasteiger partial charge in [-0.3, -0.25) is 4.79 Å². The molecule has 26 heavy (non-hydrogen) atoms. The minimum Gasteiger partial charge on any atom is -0.480 e. The SMILES string of the molecule is CC(C)CC(C(=O)O)n1cc(CCn2ccnc2)c(C(F)(F)F)cc1=O. The highest BCUT2D eigenvalue weighted by Gasteiger charge is 2.35. The molecule has 2 aromatic rings. The van der Waals surface area contributed by atoms with Crippen molar-refractivity contribution in [3.63, 3.8) is 0 Å². The van der Waals surface area contributed by atoms with Gasteiger partial charge in [-0.15, -0.1) is 0 Å². The summed E-state index contributed by atoms with van der Waals surface area (Å²) in [6.07, 6.45) is 1.06. The van der Waals surface area contributed by atoms with E-state index in [9.17, 15) is 27.9 Å². The standard InChI is InChI=1S/C17H20F3N3O3/c1-11(2)7-14(16(25)26)23-9-12(3-5-22-6-4-21-10-22)13(8-15(23)24)17(18,19)20/h4,6,8-11,14H,3,5,7H2,1-2H3,(H,25,26). The number of carboxylic acids is 1. The maximum Gasteiger partial charge on any atom is 0.416 e. The van der Waals surface area contributed by atoms with E-state index >= 15 is 0 Å². The Morgan fingerprint density at radius 2 is 2.04 bits per heavy atom. The van der Waals surface area contributed by atoms with Gasteiger partial charge in [-0.1, -0.05) is 13.8 Å². The van der Waals surface area contributed by atoms with Crippen LogP contribution < -0.4 is 5.56 Å². The summed E-state index contributed by atoms with van der Waals surface area (Å²) in [4.78, 5) is 27.5. The average Bonchev–Trinajstić information content (AvgIpc) is 3.03. The van der Waals surface area contributed by atoms with E-state index in [1.165, 1.54) is 12.5 Å². The number of aliphatic carboxylic acids is 1. The van der Waals surface area contributed by atoms with E-state index in [1.54, 1.807) is 24.6 Å². The van der Waals surface area contributed by atoms with Crippen LogP contribution in [0.4, 0.5) is 13.2 Å². The van der Waals surface area contributed by atoms with Crippen LogP contribution in [0.3, 0.4) is 0 Å². The summed E-state index contributed by atoms with van der Waals surface area (Å²) in [6.45, 7) is 3.79. The van der Waals surface area contributed by atoms with E-state index in [1.807, 2.05) is 0 Å². The van der Waals surface area contributed by atoms with Crippen LogP contribution in [0.15, 0.2) is 35.8 Å². The molecule has 0 aliphatic carbocycles. The van der Waals surface area contributed by atoms with Gasteiger partial charge in [0.25, 0.3) is 5.56 Å². The number of pyridine rings is 1. The van der Waals surface area contributed by atoms with Gasteiger partial charge in [-0.25, -0.2) is 9.78 Å². The molecule has 0 amide bonds. The molecule has 1 N–H and O–H groups in total. The minimum atomic E-state index is -4.70. The molecule has 0 radical (unpaired) electrons. The van der Waals surface area contributed by atoms with Crippen molar-refractivity contribution in [3.8, 4) is 0 Å². The Bertz CT molecular complexity index is 811. The third kappa shape index (κ3) is 4.74. The maximum atomic E-state index is 13.3. The van der Waals surface area contributed by atoms with Crippen molar-refractivity contribution in [2.24, 2.45) is 5.92 Å². The van der Waals surface area contributed by atoms with Crippen molar-refractivity contribution in [2.45, 2.75) is 45.5 Å². The van der Waals surface area contributed by atoms with Crippen LogP contribution in [0.5, 0.6) is 0 Å². The summed E-state index contributed by atoms with van der Waals surface area (Å²) in [5, 5.41) is 9.41. The number of carboxylic acid groups (broad SMARTS) is 1. The second kappa shape index (κ2) is 7.76. The second-order valence-corrected chi connectivity index (χ2v) is 6.49. The zero-order chi connectivity index (χ0) is 19.5. The quantitative estimate of drug-likeness (QED) is 0.812. The third-order valence-electron chi connectivity index (χ3n) is 3.98. The fourth-order valence-electron chi connectivity index (χ4n) is 2.75. The van der Waals surface area contributed by atoms with Crippen LogP contribution in [0.1, 0.15) is 37.4 Å². The molecule has 142 valence electrons. The van der Waals surface area contributed by atoms with Gasteiger partial charge in [0.05, 0.1) is 11.9 Å². The monoisotopic (exact) mass is 371 g/mol. The Morgan fingerprint density at radius 1 is 1.35 bits per heavy atom. The molecule has 9 heteroatoms. The van der Waals surface area contributed by atoms with E-state index < -0.39 is 29.3 Å². The smallest absolute Gasteiger partial charge is 0.416 e. The lowest BCUT2D eigenvalue weighted by atomic mass is 10.0. The largest absolute Gasteiger partial charge is 0.480 e. The third-order valence-corrected chi connectivity index (χ3v) is 3.98. The van der Waals surface area contributed by atoms with Crippen molar-refractivity contribution >= 4 is 5.97 Å². The van der Waals surface area contributed by atoms with E-state index in [4.69, 9.17) is 0 Å². The number of imidazole rings is 1. The highest BCUT2D eigenvalue weighted by atomic mass is 19.4. The molecule has 0 aromatic carbocycles. The Labute approximate surface area is 147 Å².